The topological polar surface area (TPSA) is 58.9 Å². The van der Waals surface area contributed by atoms with Gasteiger partial charge in [-0.1, -0.05) is 0 Å². The van der Waals surface area contributed by atoms with E-state index in [9.17, 15) is 10.1 Å². The average Bonchev–Trinajstić information content (AvgIpc) is 2.66. The van der Waals surface area contributed by atoms with Crippen LogP contribution in [0.5, 0.6) is 0 Å². The van der Waals surface area contributed by atoms with Crippen LogP contribution in [0.25, 0.3) is 10.9 Å². The van der Waals surface area contributed by atoms with Gasteiger partial charge in [0.2, 0.25) is 5.03 Å². The lowest BCUT2D eigenvalue weighted by molar-refractivity contribution is -0.384. The molecule has 0 unspecified atom stereocenters. The predicted octanol–water partition coefficient (Wildman–Crippen LogP) is 3.03. The second-order valence-electron chi connectivity index (χ2n) is 3.79. The summed E-state index contributed by atoms with van der Waals surface area (Å²) < 4.78 is 0. The van der Waals surface area contributed by atoms with Gasteiger partial charge in [-0.3, -0.25) is 10.1 Å². The zero-order chi connectivity index (χ0) is 12.6. The van der Waals surface area contributed by atoms with Crippen LogP contribution in [0.2, 0.25) is 0 Å². The molecule has 0 bridgehead atoms. The minimum atomic E-state index is -0.353. The summed E-state index contributed by atoms with van der Waals surface area (Å²) in [5, 5.41) is 12.9. The molecule has 0 amide bonds. The Bertz CT molecular complexity index is 578. The monoisotopic (exact) mass is 269 g/mol. The second-order valence-corrected chi connectivity index (χ2v) is 6.65. The van der Waals surface area contributed by atoms with Crippen molar-refractivity contribution < 1.29 is 4.92 Å². The van der Waals surface area contributed by atoms with Crippen molar-refractivity contribution in [3.8, 4) is 0 Å². The van der Waals surface area contributed by atoms with Crippen molar-refractivity contribution in [3.05, 3.63) is 28.3 Å². The molecule has 6 heteroatoms. The van der Waals surface area contributed by atoms with E-state index in [1.165, 1.54) is 11.1 Å². The number of aromatic amines is 1. The molecule has 0 fully saturated rings. The third kappa shape index (κ3) is 2.14. The maximum Gasteiger partial charge on any atom is 0.270 e. The third-order valence-electron chi connectivity index (χ3n) is 2.53. The molecule has 1 N–H and O–H groups in total. The number of hydrogen-bond donors (Lipinski definition) is 1. The predicted molar refractivity (Wildman–Crippen MR) is 74.2 cm³/mol. The van der Waals surface area contributed by atoms with Gasteiger partial charge < -0.3 is 4.98 Å². The minimum absolute atomic E-state index is 0.113. The molecule has 2 rings (SSSR count). The molecule has 17 heavy (non-hydrogen) atoms. The molecule has 0 saturated heterocycles. The maximum absolute atomic E-state index is 10.8. The van der Waals surface area contributed by atoms with Crippen molar-refractivity contribution >= 4 is 39.2 Å². The highest BCUT2D eigenvalue weighted by Crippen LogP contribution is 2.34. The van der Waals surface area contributed by atoms with Gasteiger partial charge in [0.15, 0.2) is 0 Å². The molecule has 2 aromatic rings. The number of nitrogens with one attached hydrogen (secondary N) is 1. The first kappa shape index (κ1) is 12.3. The van der Waals surface area contributed by atoms with E-state index in [0.717, 1.165) is 15.8 Å². The average molecular weight is 269 g/mol. The molecule has 0 aliphatic heterocycles. The summed E-state index contributed by atoms with van der Waals surface area (Å²) in [5.41, 5.74) is 1.11. The van der Waals surface area contributed by atoms with Crippen LogP contribution in [0.15, 0.2) is 28.1 Å². The minimum Gasteiger partial charge on any atom is -0.315 e. The molecular weight excluding hydrogens is 256 g/mol. The van der Waals surface area contributed by atoms with Crippen LogP contribution < -0.4 is 0 Å². The normalized spacial score (nSPS) is 11.3. The van der Waals surface area contributed by atoms with E-state index < -0.39 is 0 Å². The number of hydrogen-bond acceptors (Lipinski definition) is 3. The fraction of sp³-hybridized carbons (Fsp3) is 0.273. The summed E-state index contributed by atoms with van der Waals surface area (Å²) in [5.74, 6) is 0. The number of benzene rings is 1. The van der Waals surface area contributed by atoms with Gasteiger partial charge in [0.1, 0.15) is 12.5 Å². The van der Waals surface area contributed by atoms with Gasteiger partial charge in [-0.2, -0.15) is 0 Å². The van der Waals surface area contributed by atoms with Crippen LogP contribution in [0.4, 0.5) is 5.69 Å². The summed E-state index contributed by atoms with van der Waals surface area (Å²) in [7, 11) is 0.113. The highest BCUT2D eigenvalue weighted by atomic mass is 32.2. The molecule has 0 saturated carbocycles. The van der Waals surface area contributed by atoms with Crippen LogP contribution in [-0.2, 0) is 10.9 Å². The molecule has 0 radical (unpaired) electrons. The zero-order valence-corrected chi connectivity index (χ0v) is 11.4. The van der Waals surface area contributed by atoms with Crippen LogP contribution in [-0.4, -0.2) is 28.7 Å². The van der Waals surface area contributed by atoms with Gasteiger partial charge in [0, 0.05) is 28.4 Å². The zero-order valence-electron chi connectivity index (χ0n) is 9.81. The number of nitro groups is 1. The molecular formula is C11H13N2O2S2+. The number of nitro benzene ring substituents is 1. The van der Waals surface area contributed by atoms with Crippen LogP contribution in [0, 0.1) is 10.1 Å². The molecule has 0 atom stereocenters. The first-order valence-electron chi connectivity index (χ1n) is 4.96. The van der Waals surface area contributed by atoms with Gasteiger partial charge in [-0.25, -0.2) is 0 Å². The van der Waals surface area contributed by atoms with Crippen LogP contribution in [0.3, 0.4) is 0 Å². The summed E-state index contributed by atoms with van der Waals surface area (Å²) in [6.07, 6.45) is 6.27. The smallest absolute Gasteiger partial charge is 0.270 e. The van der Waals surface area contributed by atoms with E-state index in [-0.39, 0.29) is 21.5 Å². The Hall–Kier alpha value is -1.14. The molecule has 90 valence electrons. The first-order chi connectivity index (χ1) is 8.04. The number of rotatable bonds is 3. The summed E-state index contributed by atoms with van der Waals surface area (Å²) in [6, 6.07) is 4.97. The molecule has 1 aromatic carbocycles. The number of fused-ring (bicyclic) bond motifs is 1. The fourth-order valence-electron chi connectivity index (χ4n) is 1.73. The van der Waals surface area contributed by atoms with Gasteiger partial charge >= 0.3 is 0 Å². The molecule has 0 aliphatic carbocycles. The van der Waals surface area contributed by atoms with E-state index in [4.69, 9.17) is 0 Å². The molecule has 1 heterocycles. The summed E-state index contributed by atoms with van der Waals surface area (Å²) in [6.45, 7) is 0. The quantitative estimate of drug-likeness (QED) is 0.403. The highest BCUT2D eigenvalue weighted by Gasteiger charge is 2.22. The lowest BCUT2D eigenvalue weighted by atomic mass is 10.2. The standard InChI is InChI=1S/C11H13N2O2S2/c1-16-10-8-6-7(13(14)15)4-5-9(8)12-11(10)17(2)3/h4-6,12H,1-3H3/q+1. The second kappa shape index (κ2) is 4.62. The van der Waals surface area contributed by atoms with Crippen LogP contribution in [0.1, 0.15) is 0 Å². The Kier molecular flexibility index (Phi) is 3.35. The van der Waals surface area contributed by atoms with E-state index in [2.05, 4.69) is 17.5 Å². The molecule has 4 nitrogen and oxygen atoms in total. The Morgan fingerprint density at radius 3 is 2.65 bits per heavy atom. The molecule has 1 aromatic heterocycles. The Balaban J connectivity index is 2.71. The summed E-state index contributed by atoms with van der Waals surface area (Å²) in [4.78, 5) is 14.9. The van der Waals surface area contributed by atoms with Gasteiger partial charge in [-0.05, 0) is 12.3 Å². The van der Waals surface area contributed by atoms with Crippen molar-refractivity contribution in [3.63, 3.8) is 0 Å². The van der Waals surface area contributed by atoms with E-state index >= 15 is 0 Å². The Labute approximate surface area is 106 Å². The number of non-ortho nitro benzene ring substituents is 1. The van der Waals surface area contributed by atoms with E-state index in [1.807, 2.05) is 6.26 Å². The van der Waals surface area contributed by atoms with Crippen LogP contribution >= 0.6 is 11.8 Å². The lowest BCUT2D eigenvalue weighted by Crippen LogP contribution is -1.96. The number of nitrogens with zero attached hydrogens (tertiary/aromatic N) is 1. The lowest BCUT2D eigenvalue weighted by Gasteiger charge is -1.96. The number of thioether (sulfide) groups is 1. The number of H-pyrrole nitrogens is 1. The Morgan fingerprint density at radius 1 is 1.41 bits per heavy atom. The fourth-order valence-corrected chi connectivity index (χ4v) is 3.90. The summed E-state index contributed by atoms with van der Waals surface area (Å²) >= 11 is 1.63. The van der Waals surface area contributed by atoms with Gasteiger partial charge in [0.05, 0.1) is 15.3 Å². The SMILES string of the molecule is CSc1c([S+](C)C)[nH]c2ccc([N+](=O)[O-])cc12. The first-order valence-corrected chi connectivity index (χ1v) is 8.23. The largest absolute Gasteiger partial charge is 0.315 e. The van der Waals surface area contributed by atoms with Gasteiger partial charge in [0.25, 0.3) is 5.69 Å². The Morgan fingerprint density at radius 2 is 2.12 bits per heavy atom. The number of aromatic nitrogens is 1. The highest BCUT2D eigenvalue weighted by molar-refractivity contribution is 8.00. The third-order valence-corrected chi connectivity index (χ3v) is 4.61. The molecule has 0 aliphatic rings. The van der Waals surface area contributed by atoms with Gasteiger partial charge in [-0.15, -0.1) is 11.8 Å². The maximum atomic E-state index is 10.8. The van der Waals surface area contributed by atoms with Crippen molar-refractivity contribution in [2.24, 2.45) is 0 Å². The van der Waals surface area contributed by atoms with Crippen molar-refractivity contribution in [1.29, 1.82) is 0 Å². The van der Waals surface area contributed by atoms with Crippen molar-refractivity contribution in [2.75, 3.05) is 18.8 Å². The van der Waals surface area contributed by atoms with E-state index in [0.29, 0.717) is 0 Å². The van der Waals surface area contributed by atoms with Crippen molar-refractivity contribution in [1.82, 2.24) is 4.98 Å². The van der Waals surface area contributed by atoms with E-state index in [1.54, 1.807) is 23.9 Å². The molecule has 0 spiro atoms. The van der Waals surface area contributed by atoms with Crippen molar-refractivity contribution in [2.45, 2.75) is 9.92 Å².